The van der Waals surface area contributed by atoms with Crippen LogP contribution in [0.5, 0.6) is 0 Å². The zero-order chi connectivity index (χ0) is 18.5. The molecular weight excluding hydrogens is 352 g/mol. The Kier molecular flexibility index (Phi) is 6.54. The Balaban J connectivity index is 1.88. The molecule has 1 N–H and O–H groups in total. The third-order valence-electron chi connectivity index (χ3n) is 5.50. The van der Waals surface area contributed by atoms with Crippen molar-refractivity contribution in [2.24, 2.45) is 5.92 Å². The van der Waals surface area contributed by atoms with Gasteiger partial charge < -0.3 is 15.0 Å². The lowest BCUT2D eigenvalue weighted by Crippen LogP contribution is -2.50. The lowest BCUT2D eigenvalue weighted by molar-refractivity contribution is -0.144. The number of piperidine rings is 1. The average molecular weight is 379 g/mol. The first-order valence-corrected chi connectivity index (χ1v) is 9.83. The number of likely N-dealkylation sites (tertiary alicyclic amines) is 1. The zero-order valence-electron chi connectivity index (χ0n) is 15.2. The van der Waals surface area contributed by atoms with Gasteiger partial charge in [-0.1, -0.05) is 42.6 Å². The van der Waals surface area contributed by atoms with Crippen LogP contribution in [0, 0.1) is 5.92 Å². The van der Waals surface area contributed by atoms with Crippen LogP contribution >= 0.6 is 11.6 Å². The largest absolute Gasteiger partial charge is 0.383 e. The fourth-order valence-electron chi connectivity index (χ4n) is 4.16. The number of hydrogen-bond donors (Lipinski definition) is 1. The highest BCUT2D eigenvalue weighted by Crippen LogP contribution is 2.39. The molecule has 6 heteroatoms. The second-order valence-electron chi connectivity index (χ2n) is 7.18. The Labute approximate surface area is 160 Å². The maximum atomic E-state index is 13.1. The fraction of sp³-hybridized carbons (Fsp3) is 0.600. The molecule has 1 aromatic rings. The van der Waals surface area contributed by atoms with E-state index in [1.54, 1.807) is 12.0 Å². The van der Waals surface area contributed by atoms with Gasteiger partial charge in [0, 0.05) is 31.1 Å². The smallest absolute Gasteiger partial charge is 0.225 e. The SMILES string of the molecule is COCCN1C(=O)CC[C@@H](C(=O)NC2CCCC2)[C@@H]1c1ccccc1Cl. The molecule has 0 bridgehead atoms. The number of nitrogens with zero attached hydrogens (tertiary/aromatic N) is 1. The summed E-state index contributed by atoms with van der Waals surface area (Å²) in [6.45, 7) is 0.891. The minimum atomic E-state index is -0.346. The van der Waals surface area contributed by atoms with Gasteiger partial charge in [-0.25, -0.2) is 0 Å². The summed E-state index contributed by atoms with van der Waals surface area (Å²) in [5.74, 6) is -0.196. The van der Waals surface area contributed by atoms with E-state index in [1.807, 2.05) is 24.3 Å². The maximum Gasteiger partial charge on any atom is 0.225 e. The van der Waals surface area contributed by atoms with Crippen LogP contribution in [0.25, 0.3) is 0 Å². The van der Waals surface area contributed by atoms with Crippen LogP contribution in [0.15, 0.2) is 24.3 Å². The number of methoxy groups -OCH3 is 1. The molecule has 1 saturated carbocycles. The van der Waals surface area contributed by atoms with Crippen LogP contribution in [0.3, 0.4) is 0 Å². The molecule has 5 nitrogen and oxygen atoms in total. The second-order valence-corrected chi connectivity index (χ2v) is 7.59. The van der Waals surface area contributed by atoms with E-state index < -0.39 is 0 Å². The molecule has 0 aromatic heterocycles. The van der Waals surface area contributed by atoms with Gasteiger partial charge in [0.15, 0.2) is 0 Å². The molecule has 3 rings (SSSR count). The second kappa shape index (κ2) is 8.87. The van der Waals surface area contributed by atoms with Crippen molar-refractivity contribution >= 4 is 23.4 Å². The Morgan fingerprint density at radius 1 is 1.27 bits per heavy atom. The standard InChI is InChI=1S/C20H27ClN2O3/c1-26-13-12-23-18(24)11-10-16(20(25)22-14-6-2-3-7-14)19(23)15-8-4-5-9-17(15)21/h4-5,8-9,14,16,19H,2-3,6-7,10-13H2,1H3,(H,22,25)/t16-,19+/m1/s1. The van der Waals surface area contributed by atoms with Crippen LogP contribution in [0.4, 0.5) is 0 Å². The molecule has 0 radical (unpaired) electrons. The van der Waals surface area contributed by atoms with Crippen molar-refractivity contribution in [2.75, 3.05) is 20.3 Å². The predicted molar refractivity (Wildman–Crippen MR) is 101 cm³/mol. The van der Waals surface area contributed by atoms with Gasteiger partial charge in [0.25, 0.3) is 0 Å². The van der Waals surface area contributed by atoms with E-state index in [2.05, 4.69) is 5.32 Å². The first kappa shape index (κ1) is 19.2. The van der Waals surface area contributed by atoms with Gasteiger partial charge in [-0.2, -0.15) is 0 Å². The molecule has 1 saturated heterocycles. The first-order chi connectivity index (χ1) is 12.6. The highest BCUT2D eigenvalue weighted by atomic mass is 35.5. The number of halogens is 1. The van der Waals surface area contributed by atoms with Crippen LogP contribution in [0.1, 0.15) is 50.1 Å². The van der Waals surface area contributed by atoms with E-state index in [0.29, 0.717) is 31.0 Å². The third kappa shape index (κ3) is 4.21. The van der Waals surface area contributed by atoms with Crippen LogP contribution in [0.2, 0.25) is 5.02 Å². The van der Waals surface area contributed by atoms with Crippen molar-refractivity contribution in [3.05, 3.63) is 34.9 Å². The molecule has 2 amide bonds. The minimum absolute atomic E-state index is 0.0386. The van der Waals surface area contributed by atoms with Gasteiger partial charge >= 0.3 is 0 Å². The van der Waals surface area contributed by atoms with Crippen molar-refractivity contribution in [2.45, 2.75) is 50.6 Å². The van der Waals surface area contributed by atoms with Crippen LogP contribution in [-0.2, 0) is 14.3 Å². The van der Waals surface area contributed by atoms with E-state index in [9.17, 15) is 9.59 Å². The number of carbonyl (C=O) groups excluding carboxylic acids is 2. The van der Waals surface area contributed by atoms with E-state index in [4.69, 9.17) is 16.3 Å². The number of amides is 2. The van der Waals surface area contributed by atoms with Crippen molar-refractivity contribution < 1.29 is 14.3 Å². The normalized spacial score (nSPS) is 24.1. The Hall–Kier alpha value is -1.59. The lowest BCUT2D eigenvalue weighted by atomic mass is 9.83. The summed E-state index contributed by atoms with van der Waals surface area (Å²) >= 11 is 6.44. The molecule has 0 spiro atoms. The van der Waals surface area contributed by atoms with Crippen molar-refractivity contribution in [3.63, 3.8) is 0 Å². The Bertz CT molecular complexity index is 646. The fourth-order valence-corrected chi connectivity index (χ4v) is 4.41. The van der Waals surface area contributed by atoms with E-state index >= 15 is 0 Å². The van der Waals surface area contributed by atoms with Crippen molar-refractivity contribution in [1.82, 2.24) is 10.2 Å². The predicted octanol–water partition coefficient (Wildman–Crippen LogP) is 3.32. The summed E-state index contributed by atoms with van der Waals surface area (Å²) in [4.78, 5) is 27.4. The number of rotatable bonds is 6. The van der Waals surface area contributed by atoms with Gasteiger partial charge in [0.1, 0.15) is 0 Å². The van der Waals surface area contributed by atoms with Gasteiger partial charge in [0.05, 0.1) is 18.6 Å². The summed E-state index contributed by atoms with van der Waals surface area (Å²) < 4.78 is 5.18. The van der Waals surface area contributed by atoms with Crippen LogP contribution in [-0.4, -0.2) is 43.0 Å². The topological polar surface area (TPSA) is 58.6 Å². The lowest BCUT2D eigenvalue weighted by Gasteiger charge is -2.41. The summed E-state index contributed by atoms with van der Waals surface area (Å²) in [7, 11) is 1.61. The van der Waals surface area contributed by atoms with Gasteiger partial charge in [-0.15, -0.1) is 0 Å². The van der Waals surface area contributed by atoms with Gasteiger partial charge in [-0.05, 0) is 30.9 Å². The molecule has 2 atom stereocenters. The maximum absolute atomic E-state index is 13.1. The van der Waals surface area contributed by atoms with Gasteiger partial charge in [-0.3, -0.25) is 9.59 Å². The number of nitrogens with one attached hydrogen (secondary N) is 1. The highest BCUT2D eigenvalue weighted by molar-refractivity contribution is 6.31. The summed E-state index contributed by atoms with van der Waals surface area (Å²) in [6.07, 6.45) is 5.36. The van der Waals surface area contributed by atoms with E-state index in [1.165, 1.54) is 12.8 Å². The Morgan fingerprint density at radius 2 is 2.00 bits per heavy atom. The summed E-state index contributed by atoms with van der Waals surface area (Å²) in [5, 5.41) is 3.80. The van der Waals surface area contributed by atoms with E-state index in [0.717, 1.165) is 18.4 Å². The molecular formula is C20H27ClN2O3. The molecule has 26 heavy (non-hydrogen) atoms. The number of hydrogen-bond acceptors (Lipinski definition) is 3. The average Bonchev–Trinajstić information content (AvgIpc) is 3.14. The number of ether oxygens (including phenoxy) is 1. The molecule has 2 fully saturated rings. The molecule has 1 aliphatic heterocycles. The summed E-state index contributed by atoms with van der Waals surface area (Å²) in [5.41, 5.74) is 0.838. The third-order valence-corrected chi connectivity index (χ3v) is 5.85. The van der Waals surface area contributed by atoms with Crippen molar-refractivity contribution in [3.8, 4) is 0 Å². The molecule has 1 aliphatic carbocycles. The number of benzene rings is 1. The summed E-state index contributed by atoms with van der Waals surface area (Å²) in [6, 6.07) is 7.42. The van der Waals surface area contributed by atoms with E-state index in [-0.39, 0.29) is 29.8 Å². The molecule has 0 unspecified atom stereocenters. The number of carbonyl (C=O) groups is 2. The zero-order valence-corrected chi connectivity index (χ0v) is 16.0. The first-order valence-electron chi connectivity index (χ1n) is 9.45. The highest BCUT2D eigenvalue weighted by Gasteiger charge is 2.41. The molecule has 142 valence electrons. The molecule has 1 heterocycles. The van der Waals surface area contributed by atoms with Crippen molar-refractivity contribution in [1.29, 1.82) is 0 Å². The van der Waals surface area contributed by atoms with Gasteiger partial charge in [0.2, 0.25) is 11.8 Å². The monoisotopic (exact) mass is 378 g/mol. The van der Waals surface area contributed by atoms with Crippen LogP contribution < -0.4 is 5.32 Å². The molecule has 1 aromatic carbocycles. The Morgan fingerprint density at radius 3 is 2.69 bits per heavy atom. The molecule has 2 aliphatic rings. The minimum Gasteiger partial charge on any atom is -0.383 e. The quantitative estimate of drug-likeness (QED) is 0.826.